The van der Waals surface area contributed by atoms with Gasteiger partial charge in [-0.3, -0.25) is 23.7 Å². The predicted molar refractivity (Wildman–Crippen MR) is 115 cm³/mol. The molecule has 0 aromatic carbocycles. The summed E-state index contributed by atoms with van der Waals surface area (Å²) in [7, 11) is -3.44. The number of nitrogens with two attached hydrogens (primary N) is 1. The maximum atomic E-state index is 13.2. The maximum absolute atomic E-state index is 13.2. The van der Waals surface area contributed by atoms with E-state index in [-0.39, 0.29) is 49.7 Å². The van der Waals surface area contributed by atoms with Gasteiger partial charge in [-0.05, 0) is 33.1 Å². The van der Waals surface area contributed by atoms with Gasteiger partial charge in [-0.1, -0.05) is 6.92 Å². The summed E-state index contributed by atoms with van der Waals surface area (Å²) in [6, 6.07) is 1.21. The maximum Gasteiger partial charge on any atom is 0.331 e. The van der Waals surface area contributed by atoms with E-state index in [2.05, 4.69) is 4.98 Å². The largest absolute Gasteiger partial charge is 0.463 e. The fraction of sp³-hybridized carbons (Fsp3) is 0.750. The normalized spacial score (nSPS) is 33.1. The van der Waals surface area contributed by atoms with E-state index in [9.17, 15) is 18.9 Å². The van der Waals surface area contributed by atoms with E-state index in [1.165, 1.54) is 16.8 Å². The third kappa shape index (κ3) is 5.58. The molecule has 12 heteroatoms. The minimum atomic E-state index is -3.44. The highest BCUT2D eigenvalue weighted by Crippen LogP contribution is 2.58. The van der Waals surface area contributed by atoms with E-state index in [4.69, 9.17) is 24.3 Å². The monoisotopic (exact) mass is 473 g/mol. The minimum Gasteiger partial charge on any atom is -0.463 e. The highest BCUT2D eigenvalue weighted by molar-refractivity contribution is 7.53. The molecule has 0 spiro atoms. The van der Waals surface area contributed by atoms with Crippen molar-refractivity contribution in [1.82, 2.24) is 9.55 Å². The third-order valence-corrected chi connectivity index (χ3v) is 7.78. The number of carbonyl (C=O) groups excluding carboxylic acids is 1. The Labute approximate surface area is 186 Å². The zero-order valence-corrected chi connectivity index (χ0v) is 19.7. The number of H-pyrrole nitrogens is 1. The van der Waals surface area contributed by atoms with E-state index < -0.39 is 36.7 Å². The fourth-order valence-corrected chi connectivity index (χ4v) is 6.25. The van der Waals surface area contributed by atoms with E-state index in [0.717, 1.165) is 0 Å². The van der Waals surface area contributed by atoms with Crippen molar-refractivity contribution in [2.75, 3.05) is 19.4 Å². The van der Waals surface area contributed by atoms with E-state index >= 15 is 0 Å². The second kappa shape index (κ2) is 9.61. The van der Waals surface area contributed by atoms with Crippen LogP contribution in [0.4, 0.5) is 0 Å². The molecule has 180 valence electrons. The molecule has 2 unspecified atom stereocenters. The molecule has 3 rings (SSSR count). The number of hydrogen-bond donors (Lipinski definition) is 2. The summed E-state index contributed by atoms with van der Waals surface area (Å²) in [6.07, 6.45) is 0.649. The van der Waals surface area contributed by atoms with Gasteiger partial charge in [-0.2, -0.15) is 0 Å². The van der Waals surface area contributed by atoms with Crippen LogP contribution in [0, 0.1) is 11.8 Å². The van der Waals surface area contributed by atoms with Crippen LogP contribution in [0.1, 0.15) is 46.8 Å². The topological polar surface area (TPSA) is 152 Å². The quantitative estimate of drug-likeness (QED) is 0.421. The molecule has 2 aliphatic rings. The van der Waals surface area contributed by atoms with Crippen molar-refractivity contribution >= 4 is 13.6 Å². The van der Waals surface area contributed by atoms with E-state index in [0.29, 0.717) is 6.42 Å². The van der Waals surface area contributed by atoms with E-state index in [1.807, 2.05) is 6.92 Å². The molecule has 2 aliphatic heterocycles. The molecule has 3 N–H and O–H groups in total. The molecular formula is C20H32N3O8P. The number of esters is 1. The highest BCUT2D eigenvalue weighted by Gasteiger charge is 2.57. The van der Waals surface area contributed by atoms with Crippen LogP contribution in [0.5, 0.6) is 0 Å². The van der Waals surface area contributed by atoms with Crippen LogP contribution >= 0.6 is 7.60 Å². The lowest BCUT2D eigenvalue weighted by Gasteiger charge is -2.36. The Bertz CT molecular complexity index is 988. The van der Waals surface area contributed by atoms with Crippen LogP contribution in [-0.4, -0.2) is 52.6 Å². The molecule has 1 aromatic heterocycles. The molecule has 2 saturated heterocycles. The molecule has 2 fully saturated rings. The second-order valence-electron chi connectivity index (χ2n) is 9.08. The summed E-state index contributed by atoms with van der Waals surface area (Å²) in [5, 5.41) is 0. The summed E-state index contributed by atoms with van der Waals surface area (Å²) in [5.74, 6) is -0.665. The Morgan fingerprint density at radius 2 is 2.12 bits per heavy atom. The van der Waals surface area contributed by atoms with Crippen LogP contribution in [0.2, 0.25) is 0 Å². The number of hydrogen-bond acceptors (Lipinski definition) is 9. The number of nitrogens with zero attached hydrogens (tertiary/aromatic N) is 1. The first-order valence-electron chi connectivity index (χ1n) is 10.7. The molecule has 0 saturated carbocycles. The molecule has 6 atom stereocenters. The van der Waals surface area contributed by atoms with Crippen molar-refractivity contribution < 1.29 is 27.9 Å². The van der Waals surface area contributed by atoms with Crippen LogP contribution in [0.25, 0.3) is 0 Å². The lowest BCUT2D eigenvalue weighted by Crippen LogP contribution is -2.52. The van der Waals surface area contributed by atoms with Crippen molar-refractivity contribution in [2.24, 2.45) is 17.6 Å². The number of fused-ring (bicyclic) bond motifs is 1. The molecule has 3 heterocycles. The van der Waals surface area contributed by atoms with Gasteiger partial charge in [0, 0.05) is 24.6 Å². The highest BCUT2D eigenvalue weighted by atomic mass is 31.2. The summed E-state index contributed by atoms with van der Waals surface area (Å²) in [4.78, 5) is 37.5. The summed E-state index contributed by atoms with van der Waals surface area (Å²) >= 11 is 0. The van der Waals surface area contributed by atoms with Gasteiger partial charge in [0.1, 0.15) is 0 Å². The number of aromatic amines is 1. The zero-order chi connectivity index (χ0) is 23.7. The first-order valence-corrected chi connectivity index (χ1v) is 12.5. The number of rotatable bonds is 8. The van der Waals surface area contributed by atoms with Crippen molar-refractivity contribution in [3.05, 3.63) is 33.1 Å². The average molecular weight is 473 g/mol. The molecule has 0 amide bonds. The second-order valence-corrected chi connectivity index (χ2v) is 11.2. The Kier molecular flexibility index (Phi) is 7.46. The summed E-state index contributed by atoms with van der Waals surface area (Å²) in [5.41, 5.74) is 4.34. The van der Waals surface area contributed by atoms with Crippen molar-refractivity contribution in [3.63, 3.8) is 0 Å². The van der Waals surface area contributed by atoms with Crippen molar-refractivity contribution in [1.29, 1.82) is 0 Å². The van der Waals surface area contributed by atoms with E-state index in [1.54, 1.807) is 20.8 Å². The Hall–Kier alpha value is -1.78. The van der Waals surface area contributed by atoms with Crippen LogP contribution in [0.15, 0.2) is 21.9 Å². The summed E-state index contributed by atoms with van der Waals surface area (Å²) in [6.45, 7) is 7.38. The average Bonchev–Trinajstić information content (AvgIpc) is 2.91. The molecule has 32 heavy (non-hydrogen) atoms. The first-order chi connectivity index (χ1) is 14.9. The molecular weight excluding hydrogens is 441 g/mol. The predicted octanol–water partition coefficient (Wildman–Crippen LogP) is 1.38. The van der Waals surface area contributed by atoms with Gasteiger partial charge in [0.25, 0.3) is 5.56 Å². The minimum absolute atomic E-state index is 0.00327. The third-order valence-electron chi connectivity index (χ3n) is 5.82. The van der Waals surface area contributed by atoms with Gasteiger partial charge < -0.3 is 24.3 Å². The SMILES string of the molecule is CC(CCOP1(=O)C[C@@H]2[C@@H](CO1)O[C@@H](n1ccc(=O)[nH]c1=O)[C@]2(C)N)CC(=O)OC(C)C. The van der Waals surface area contributed by atoms with Crippen LogP contribution in [0.3, 0.4) is 0 Å². The number of aromatic nitrogens is 2. The van der Waals surface area contributed by atoms with Crippen molar-refractivity contribution in [3.8, 4) is 0 Å². The zero-order valence-electron chi connectivity index (χ0n) is 18.8. The van der Waals surface area contributed by atoms with Gasteiger partial charge in [-0.25, -0.2) is 4.79 Å². The van der Waals surface area contributed by atoms with Gasteiger partial charge in [0.15, 0.2) is 6.23 Å². The number of nitrogens with one attached hydrogen (secondary N) is 1. The molecule has 1 aromatic rings. The standard InChI is InChI=1S/C20H32N3O8P/c1-12(2)30-17(25)9-13(3)6-8-28-32(27)11-14-15(10-29-32)31-18(20(14,4)21)23-7-5-16(24)22-19(23)26/h5,7,12-15,18H,6,8-11,21H2,1-4H3,(H,22,24,26)/t13?,14-,15-,18-,20-,32?/m1/s1. The van der Waals surface area contributed by atoms with Gasteiger partial charge in [-0.15, -0.1) is 0 Å². The van der Waals surface area contributed by atoms with Crippen LogP contribution < -0.4 is 17.0 Å². The Balaban J connectivity index is 1.60. The lowest BCUT2D eigenvalue weighted by molar-refractivity contribution is -0.148. The number of ether oxygens (including phenoxy) is 2. The molecule has 0 aliphatic carbocycles. The lowest BCUT2D eigenvalue weighted by atomic mass is 9.85. The smallest absolute Gasteiger partial charge is 0.331 e. The van der Waals surface area contributed by atoms with Crippen molar-refractivity contribution in [2.45, 2.75) is 64.5 Å². The molecule has 0 radical (unpaired) electrons. The Morgan fingerprint density at radius 1 is 1.41 bits per heavy atom. The van der Waals surface area contributed by atoms with Crippen LogP contribution in [-0.2, 0) is 27.9 Å². The van der Waals surface area contributed by atoms with Gasteiger partial charge in [0.05, 0.1) is 37.1 Å². The number of carbonyl (C=O) groups is 1. The van der Waals surface area contributed by atoms with Gasteiger partial charge in [0.2, 0.25) is 0 Å². The fourth-order valence-electron chi connectivity index (χ4n) is 4.10. The molecule has 11 nitrogen and oxygen atoms in total. The summed E-state index contributed by atoms with van der Waals surface area (Å²) < 4.78 is 36.7. The Morgan fingerprint density at radius 3 is 2.78 bits per heavy atom. The van der Waals surface area contributed by atoms with Gasteiger partial charge >= 0.3 is 19.3 Å². The molecule has 0 bridgehead atoms. The first kappa shape index (κ1) is 24.9.